The molecular formula is C76H116B6N12O20. The minimum atomic E-state index is -1.62. The van der Waals surface area contributed by atoms with Gasteiger partial charge in [0.2, 0.25) is 35.4 Å². The van der Waals surface area contributed by atoms with Crippen LogP contribution in [0.1, 0.15) is 134 Å². The first-order chi connectivity index (χ1) is 53.7. The number of carboxylic acid groups (broad SMARTS) is 1. The highest BCUT2D eigenvalue weighted by Crippen LogP contribution is 2.36. The van der Waals surface area contributed by atoms with Gasteiger partial charge in [0.15, 0.2) is 0 Å². The minimum Gasteiger partial charge on any atom is -0.481 e. The van der Waals surface area contributed by atoms with Crippen LogP contribution in [0.5, 0.6) is 0 Å². The van der Waals surface area contributed by atoms with Crippen LogP contribution in [-0.2, 0) is 59.2 Å². The number of nitrogens with one attached hydrogen (secondary N) is 2. The molecule has 5 aromatic rings. The third-order valence-electron chi connectivity index (χ3n) is 23.6. The van der Waals surface area contributed by atoms with Gasteiger partial charge in [-0.15, -0.1) is 0 Å². The van der Waals surface area contributed by atoms with Crippen LogP contribution in [0.15, 0.2) is 133 Å². The summed E-state index contributed by atoms with van der Waals surface area (Å²) in [5.41, 5.74) is 23.8. The average molecular weight is 1580 g/mol. The first-order valence-electron chi connectivity index (χ1n) is 39.1. The molecule has 7 fully saturated rings. The summed E-state index contributed by atoms with van der Waals surface area (Å²) in [7, 11) is -7.43. The molecule has 0 radical (unpaired) electrons. The van der Waals surface area contributed by atoms with Crippen LogP contribution in [-0.4, -0.2) is 301 Å². The van der Waals surface area contributed by atoms with Gasteiger partial charge in [0.25, 0.3) is 0 Å². The van der Waals surface area contributed by atoms with Gasteiger partial charge in [0, 0.05) is 52.1 Å². The van der Waals surface area contributed by atoms with E-state index in [1.165, 1.54) is 26.5 Å². The Morgan fingerprint density at radius 3 is 1.18 bits per heavy atom. The molecule has 7 aliphatic heterocycles. The highest BCUT2D eigenvalue weighted by Gasteiger charge is 2.54. The first kappa shape index (κ1) is 93.5. The van der Waals surface area contributed by atoms with E-state index in [4.69, 9.17) is 48.1 Å². The molecule has 0 unspecified atom stereocenters. The fraction of sp³-hybridized carbons (Fsp3) is 0.539. The Kier molecular flexibility index (Phi) is 33.6. The van der Waals surface area contributed by atoms with Gasteiger partial charge in [-0.25, -0.2) is 0 Å². The molecule has 618 valence electrons. The van der Waals surface area contributed by atoms with E-state index < -0.39 is 123 Å². The molecule has 38 heteroatoms. The summed E-state index contributed by atoms with van der Waals surface area (Å²) in [5, 5.41) is 128. The van der Waals surface area contributed by atoms with Crippen molar-refractivity contribution in [3.63, 3.8) is 0 Å². The summed E-state index contributed by atoms with van der Waals surface area (Å²) in [6.07, 6.45) is 7.60. The number of hydrogen-bond donors (Lipinski definition) is 19. The molecule has 7 heterocycles. The zero-order chi connectivity index (χ0) is 84.4. The molecule has 0 aliphatic carbocycles. The standard InChI is InChI=1S/C17H21BN2O3.2C14H21BN2O3.C13H19BN2O3.C9H17BN2O5.C9H17BN2O3/c1-12(18(22)23)20-10-9-17(19,16(20)21)11-14-7-4-6-13-5-2-3-8-15(13)14;1-11(15(19)20)17-9-8-14(16-2,13(17)18)10-12-6-4-3-5-7-12;1-2-12(15(19)20)17-9-8-14(16,13(17)18)10-11-6-4-3-5-7-11;1-10(14(18)19)16-8-7-13(15,12(16)17)9-11-5-3-2-4-6-11;1-6(10(16)17)12-5-4-9(11,8(12)15)3-2-7(13)14;1-7(10(14)15)12-6-4-9(8(12)13)3-2-5-11-9/h2-8,12,22-23H,9-11,19H2,1H3;3-7,11,16,19-20H,8-10H2,1-2H3;3-7,12,19-20H,2,8-10,16H2,1H3;2-6,10,18-19H,7-9,15H2,1H3;6,16-17H,2-5,11H2,1H3,(H,13,14);7,11,14-15H,2-6H2,1H3/t12-,17-;11-,14-;12-,14-;10-,13-;6-,9+;7-,9+/m000000/s1. The molecule has 7 saturated heterocycles. The van der Waals surface area contributed by atoms with Crippen LogP contribution in [0, 0.1) is 0 Å². The van der Waals surface area contributed by atoms with Gasteiger partial charge in [-0.3, -0.25) is 33.6 Å². The molecule has 32 nitrogen and oxygen atoms in total. The van der Waals surface area contributed by atoms with Gasteiger partial charge in [0.05, 0.1) is 46.7 Å². The molecule has 23 N–H and O–H groups in total. The Morgan fingerprint density at radius 2 is 0.772 bits per heavy atom. The number of likely N-dealkylation sites (N-methyl/N-ethyl adjacent to an activating group) is 1. The second-order valence-electron chi connectivity index (χ2n) is 31.4. The quantitative estimate of drug-likeness (QED) is 0.0258. The van der Waals surface area contributed by atoms with Gasteiger partial charge in [-0.1, -0.05) is 140 Å². The molecule has 0 saturated carbocycles. The van der Waals surface area contributed by atoms with Gasteiger partial charge < -0.3 is 128 Å². The third-order valence-corrected chi connectivity index (χ3v) is 23.6. The molecular weight excluding hydrogens is 1470 g/mol. The second kappa shape index (κ2) is 40.9. The summed E-state index contributed by atoms with van der Waals surface area (Å²) in [6.45, 7) is 13.6. The van der Waals surface area contributed by atoms with E-state index in [2.05, 4.69) is 10.6 Å². The predicted octanol–water partition coefficient (Wildman–Crippen LogP) is -3.04. The summed E-state index contributed by atoms with van der Waals surface area (Å²) >= 11 is 0. The number of hydrogen-bond acceptors (Lipinski definition) is 25. The highest BCUT2D eigenvalue weighted by molar-refractivity contribution is 6.45. The lowest BCUT2D eigenvalue weighted by Gasteiger charge is -2.30. The molecule has 0 aromatic heterocycles. The van der Waals surface area contributed by atoms with E-state index >= 15 is 0 Å². The molecule has 12 atom stereocenters. The number of aliphatic carboxylic acids is 1. The van der Waals surface area contributed by atoms with Crippen molar-refractivity contribution < 1.29 is 99.0 Å². The summed E-state index contributed by atoms with van der Waals surface area (Å²) in [6, 6.07) is 43.2. The van der Waals surface area contributed by atoms with Crippen LogP contribution in [0.4, 0.5) is 0 Å². The van der Waals surface area contributed by atoms with E-state index in [1.54, 1.807) is 44.5 Å². The molecule has 7 aliphatic rings. The molecule has 1 spiro atoms. The maximum atomic E-state index is 12.7. The Morgan fingerprint density at radius 1 is 0.421 bits per heavy atom. The van der Waals surface area contributed by atoms with Crippen molar-refractivity contribution in [2.45, 2.75) is 207 Å². The topological polar surface area (TPSA) is 530 Å². The Balaban J connectivity index is 0.000000190. The number of nitrogens with zero attached hydrogens (tertiary/aromatic N) is 6. The van der Waals surface area contributed by atoms with Crippen molar-refractivity contribution in [1.29, 1.82) is 0 Å². The first-order valence-corrected chi connectivity index (χ1v) is 39.1. The summed E-state index contributed by atoms with van der Waals surface area (Å²) in [5.74, 6) is -5.78. The largest absolute Gasteiger partial charge is 0.481 e. The summed E-state index contributed by atoms with van der Waals surface area (Å²) in [4.78, 5) is 93.6. The van der Waals surface area contributed by atoms with Gasteiger partial charge in [-0.05, 0) is 165 Å². The minimum absolute atomic E-state index is 0.0283. The fourth-order valence-electron chi connectivity index (χ4n) is 15.9. The van der Waals surface area contributed by atoms with Gasteiger partial charge in [-0.2, -0.15) is 0 Å². The van der Waals surface area contributed by atoms with E-state index in [9.17, 15) is 73.8 Å². The zero-order valence-corrected chi connectivity index (χ0v) is 66.4. The molecule has 5 aromatic carbocycles. The normalized spacial score (nSPS) is 25.3. The highest BCUT2D eigenvalue weighted by atomic mass is 16.4. The van der Waals surface area contributed by atoms with E-state index in [0.29, 0.717) is 103 Å². The van der Waals surface area contributed by atoms with E-state index in [0.717, 1.165) is 58.8 Å². The number of fused-ring (bicyclic) bond motifs is 1. The lowest BCUT2D eigenvalue weighted by atomic mass is 9.76. The van der Waals surface area contributed by atoms with Crippen molar-refractivity contribution in [2.75, 3.05) is 52.9 Å². The molecule has 114 heavy (non-hydrogen) atoms. The number of benzene rings is 5. The fourth-order valence-corrected chi connectivity index (χ4v) is 15.9. The van der Waals surface area contributed by atoms with Crippen LogP contribution < -0.4 is 33.6 Å². The van der Waals surface area contributed by atoms with Crippen LogP contribution >= 0.6 is 0 Å². The molecule has 0 bridgehead atoms. The van der Waals surface area contributed by atoms with Crippen molar-refractivity contribution in [3.8, 4) is 0 Å². The second-order valence-corrected chi connectivity index (χ2v) is 31.4. The number of rotatable bonds is 25. The predicted molar refractivity (Wildman–Crippen MR) is 435 cm³/mol. The number of carbonyl (C=O) groups is 7. The van der Waals surface area contributed by atoms with Crippen LogP contribution in [0.25, 0.3) is 10.8 Å². The van der Waals surface area contributed by atoms with Crippen molar-refractivity contribution in [3.05, 3.63) is 156 Å². The zero-order valence-electron chi connectivity index (χ0n) is 66.4. The van der Waals surface area contributed by atoms with Crippen LogP contribution in [0.3, 0.4) is 0 Å². The van der Waals surface area contributed by atoms with Gasteiger partial charge >= 0.3 is 48.7 Å². The smallest absolute Gasteiger partial charge is 0.475 e. The van der Waals surface area contributed by atoms with E-state index in [1.807, 2.05) is 140 Å². The Bertz CT molecular complexity index is 3990. The SMILES string of the molecule is CC[C@@H](B(O)O)N1CC[C@](N)(Cc2ccccc2)C1=O.CN[C@]1(Cc2ccccc2)CCN([C@@H](C)B(O)O)C1=O.C[C@@H](B(O)O)N1CC[C@](N)(CCC(=O)O)C1=O.C[C@@H](B(O)O)N1CC[C@](N)(Cc2cccc3ccccc23)C1=O.C[C@@H](B(O)O)N1CC[C@](N)(Cc2ccccc2)C1=O.C[C@@H](B(O)O)N1CC[C@]2(CCCN2)C1=O. The van der Waals surface area contributed by atoms with Crippen LogP contribution in [0.2, 0.25) is 0 Å². The number of carbonyl (C=O) groups excluding carboxylic acids is 6. The average Bonchev–Trinajstić information content (AvgIpc) is 1.64. The van der Waals surface area contributed by atoms with Gasteiger partial charge in [0.1, 0.15) is 22.2 Å². The maximum Gasteiger partial charge on any atom is 0.475 e. The number of likely N-dealkylation sites (tertiary alicyclic amines) is 6. The lowest BCUT2D eigenvalue weighted by Crippen LogP contribution is -2.55. The Hall–Kier alpha value is -7.68. The third kappa shape index (κ3) is 22.7. The molecule has 12 rings (SSSR count). The maximum absolute atomic E-state index is 12.7. The van der Waals surface area contributed by atoms with Crippen molar-refractivity contribution in [2.24, 2.45) is 22.9 Å². The lowest BCUT2D eigenvalue weighted by molar-refractivity contribution is -0.138. The van der Waals surface area contributed by atoms with E-state index in [-0.39, 0.29) is 42.4 Å². The van der Waals surface area contributed by atoms with Crippen molar-refractivity contribution in [1.82, 2.24) is 40.0 Å². The summed E-state index contributed by atoms with van der Waals surface area (Å²) < 4.78 is 0. The monoisotopic (exact) mass is 1580 g/mol. The van der Waals surface area contributed by atoms with Crippen molar-refractivity contribution >= 4 is 94.9 Å². The number of amides is 6. The molecule has 6 amide bonds. The number of nitrogens with two attached hydrogens (primary N) is 4. The Labute approximate surface area is 669 Å². The number of carboxylic acids is 1.